The zero-order chi connectivity index (χ0) is 20.1. The second kappa shape index (κ2) is 9.30. The van der Waals surface area contributed by atoms with Crippen LogP contribution in [0.2, 0.25) is 0 Å². The first-order chi connectivity index (χ1) is 13.6. The number of carbonyl (C=O) groups is 2. The summed E-state index contributed by atoms with van der Waals surface area (Å²) in [6.45, 7) is 3.69. The van der Waals surface area contributed by atoms with E-state index in [-0.39, 0.29) is 29.6 Å². The number of hydrogen-bond acceptors (Lipinski definition) is 4. The Morgan fingerprint density at radius 1 is 1.14 bits per heavy atom. The third kappa shape index (κ3) is 4.26. The van der Waals surface area contributed by atoms with Crippen molar-refractivity contribution in [3.05, 3.63) is 23.8 Å². The molecule has 1 saturated carbocycles. The molecule has 0 aromatic heterocycles. The molecule has 2 amide bonds. The van der Waals surface area contributed by atoms with Crippen LogP contribution in [0.5, 0.6) is 11.5 Å². The topological polar surface area (TPSA) is 67.9 Å². The molecule has 154 valence electrons. The maximum atomic E-state index is 13.0. The Bertz CT molecular complexity index is 700. The van der Waals surface area contributed by atoms with Crippen LogP contribution in [-0.2, 0) is 9.59 Å². The number of rotatable bonds is 7. The molecule has 1 saturated heterocycles. The van der Waals surface area contributed by atoms with Crippen molar-refractivity contribution in [3.8, 4) is 11.5 Å². The van der Waals surface area contributed by atoms with Crippen LogP contribution in [-0.4, -0.2) is 50.6 Å². The van der Waals surface area contributed by atoms with Gasteiger partial charge in [-0.2, -0.15) is 0 Å². The molecule has 0 bridgehead atoms. The molecule has 2 aliphatic rings. The Kier molecular flexibility index (Phi) is 6.81. The van der Waals surface area contributed by atoms with Crippen LogP contribution in [0.1, 0.15) is 50.5 Å². The molecular weight excluding hydrogens is 356 g/mol. The third-order valence-electron chi connectivity index (χ3n) is 6.06. The van der Waals surface area contributed by atoms with E-state index in [1.165, 1.54) is 0 Å². The molecule has 1 aliphatic carbocycles. The number of nitrogens with one attached hydrogen (secondary N) is 1. The van der Waals surface area contributed by atoms with Gasteiger partial charge in [0.05, 0.1) is 20.1 Å². The van der Waals surface area contributed by atoms with E-state index < -0.39 is 0 Å². The fourth-order valence-electron chi connectivity index (χ4n) is 4.50. The van der Waals surface area contributed by atoms with E-state index in [1.807, 2.05) is 30.0 Å². The Hall–Kier alpha value is -2.24. The molecule has 28 heavy (non-hydrogen) atoms. The first-order valence-electron chi connectivity index (χ1n) is 10.4. The van der Waals surface area contributed by atoms with Crippen LogP contribution in [0.25, 0.3) is 0 Å². The summed E-state index contributed by atoms with van der Waals surface area (Å²) < 4.78 is 11.0. The SMILES string of the molecule is CCCNC(=O)[C@H]1CN(C(=O)C2CCCC2)C[C@H]1c1cc(OC)ccc1OC. The van der Waals surface area contributed by atoms with E-state index in [2.05, 4.69) is 5.32 Å². The second-order valence-corrected chi connectivity index (χ2v) is 7.84. The number of carbonyl (C=O) groups excluding carboxylic acids is 2. The van der Waals surface area contributed by atoms with Gasteiger partial charge in [0.25, 0.3) is 0 Å². The largest absolute Gasteiger partial charge is 0.497 e. The third-order valence-corrected chi connectivity index (χ3v) is 6.06. The highest BCUT2D eigenvalue weighted by atomic mass is 16.5. The molecule has 1 aromatic carbocycles. The maximum Gasteiger partial charge on any atom is 0.225 e. The van der Waals surface area contributed by atoms with Crippen LogP contribution >= 0.6 is 0 Å². The summed E-state index contributed by atoms with van der Waals surface area (Å²) in [4.78, 5) is 27.8. The number of likely N-dealkylation sites (tertiary alicyclic amines) is 1. The lowest BCUT2D eigenvalue weighted by Gasteiger charge is -2.21. The summed E-state index contributed by atoms with van der Waals surface area (Å²) in [5.74, 6) is 1.41. The van der Waals surface area contributed by atoms with Crippen molar-refractivity contribution in [1.29, 1.82) is 0 Å². The standard InChI is InChI=1S/C22H32N2O4/c1-4-11-23-21(25)19-14-24(22(26)15-7-5-6-8-15)13-18(19)17-12-16(27-2)9-10-20(17)28-3/h9-10,12,15,18-19H,4-8,11,13-14H2,1-3H3,(H,23,25)/t18-,19-/m0/s1. The number of benzene rings is 1. The lowest BCUT2D eigenvalue weighted by molar-refractivity contribution is -0.134. The van der Waals surface area contributed by atoms with Crippen LogP contribution < -0.4 is 14.8 Å². The van der Waals surface area contributed by atoms with E-state index in [4.69, 9.17) is 9.47 Å². The summed E-state index contributed by atoms with van der Waals surface area (Å²) in [7, 11) is 3.26. The molecule has 0 spiro atoms. The van der Waals surface area contributed by atoms with Gasteiger partial charge in [0.2, 0.25) is 11.8 Å². The number of hydrogen-bond donors (Lipinski definition) is 1. The average molecular weight is 389 g/mol. The number of nitrogens with zero attached hydrogens (tertiary/aromatic N) is 1. The molecule has 1 aromatic rings. The van der Waals surface area contributed by atoms with Gasteiger partial charge >= 0.3 is 0 Å². The number of ether oxygens (including phenoxy) is 2. The summed E-state index contributed by atoms with van der Waals surface area (Å²) in [6, 6.07) is 5.66. The van der Waals surface area contributed by atoms with Gasteiger partial charge in [-0.3, -0.25) is 9.59 Å². The van der Waals surface area contributed by atoms with Gasteiger partial charge in [0, 0.05) is 37.0 Å². The highest BCUT2D eigenvalue weighted by Gasteiger charge is 2.43. The first-order valence-corrected chi connectivity index (χ1v) is 10.4. The van der Waals surface area contributed by atoms with E-state index in [0.717, 1.165) is 49.2 Å². The molecule has 1 aliphatic heterocycles. The van der Waals surface area contributed by atoms with Gasteiger partial charge in [0.15, 0.2) is 0 Å². The Labute approximate surface area is 167 Å². The first kappa shape index (κ1) is 20.5. The second-order valence-electron chi connectivity index (χ2n) is 7.84. The summed E-state index contributed by atoms with van der Waals surface area (Å²) >= 11 is 0. The van der Waals surface area contributed by atoms with Gasteiger partial charge in [-0.15, -0.1) is 0 Å². The fourth-order valence-corrected chi connectivity index (χ4v) is 4.50. The van der Waals surface area contributed by atoms with Crippen LogP contribution in [0, 0.1) is 11.8 Å². The zero-order valence-corrected chi connectivity index (χ0v) is 17.2. The van der Waals surface area contributed by atoms with Gasteiger partial charge < -0.3 is 19.7 Å². The molecule has 0 unspecified atom stereocenters. The van der Waals surface area contributed by atoms with Crippen LogP contribution in [0.4, 0.5) is 0 Å². The summed E-state index contributed by atoms with van der Waals surface area (Å²) in [5, 5.41) is 3.02. The predicted molar refractivity (Wildman–Crippen MR) is 108 cm³/mol. The lowest BCUT2D eigenvalue weighted by Crippen LogP contribution is -2.37. The highest BCUT2D eigenvalue weighted by molar-refractivity contribution is 5.84. The van der Waals surface area contributed by atoms with E-state index in [0.29, 0.717) is 19.6 Å². The van der Waals surface area contributed by atoms with Crippen LogP contribution in [0.15, 0.2) is 18.2 Å². The Morgan fingerprint density at radius 3 is 2.54 bits per heavy atom. The van der Waals surface area contributed by atoms with Gasteiger partial charge in [0.1, 0.15) is 11.5 Å². The Balaban J connectivity index is 1.89. The minimum absolute atomic E-state index is 0.0124. The molecule has 2 atom stereocenters. The lowest BCUT2D eigenvalue weighted by atomic mass is 9.87. The van der Waals surface area contributed by atoms with Crippen molar-refractivity contribution in [2.75, 3.05) is 33.9 Å². The normalized spacial score (nSPS) is 22.3. The van der Waals surface area contributed by atoms with Crippen molar-refractivity contribution in [3.63, 3.8) is 0 Å². The van der Waals surface area contributed by atoms with Crippen LogP contribution in [0.3, 0.4) is 0 Å². The average Bonchev–Trinajstić information content (AvgIpc) is 3.41. The number of methoxy groups -OCH3 is 2. The van der Waals surface area contributed by atoms with Crippen molar-refractivity contribution >= 4 is 11.8 Å². The molecule has 0 radical (unpaired) electrons. The summed E-state index contributed by atoms with van der Waals surface area (Å²) in [5.41, 5.74) is 0.931. The summed E-state index contributed by atoms with van der Waals surface area (Å²) in [6.07, 6.45) is 5.07. The van der Waals surface area contributed by atoms with Crippen molar-refractivity contribution < 1.29 is 19.1 Å². The molecule has 6 nitrogen and oxygen atoms in total. The molecule has 2 fully saturated rings. The van der Waals surface area contributed by atoms with Gasteiger partial charge in [-0.1, -0.05) is 19.8 Å². The van der Waals surface area contributed by atoms with Crippen molar-refractivity contribution in [2.24, 2.45) is 11.8 Å². The highest BCUT2D eigenvalue weighted by Crippen LogP contribution is 2.40. The minimum Gasteiger partial charge on any atom is -0.497 e. The molecule has 3 rings (SSSR count). The fraction of sp³-hybridized carbons (Fsp3) is 0.636. The van der Waals surface area contributed by atoms with Crippen molar-refractivity contribution in [2.45, 2.75) is 44.9 Å². The van der Waals surface area contributed by atoms with E-state index in [9.17, 15) is 9.59 Å². The minimum atomic E-state index is -0.280. The molecule has 1 heterocycles. The van der Waals surface area contributed by atoms with Gasteiger partial charge in [-0.25, -0.2) is 0 Å². The molecule has 1 N–H and O–H groups in total. The molecular formula is C22H32N2O4. The Morgan fingerprint density at radius 2 is 1.89 bits per heavy atom. The monoisotopic (exact) mass is 388 g/mol. The quantitative estimate of drug-likeness (QED) is 0.780. The van der Waals surface area contributed by atoms with E-state index in [1.54, 1.807) is 14.2 Å². The predicted octanol–water partition coefficient (Wildman–Crippen LogP) is 2.96. The van der Waals surface area contributed by atoms with E-state index >= 15 is 0 Å². The van der Waals surface area contributed by atoms with Crippen molar-refractivity contribution in [1.82, 2.24) is 10.2 Å². The van der Waals surface area contributed by atoms with Gasteiger partial charge in [-0.05, 0) is 37.5 Å². The smallest absolute Gasteiger partial charge is 0.225 e. The maximum absolute atomic E-state index is 13.0. The zero-order valence-electron chi connectivity index (χ0n) is 17.2. The molecule has 6 heteroatoms. The number of amides is 2.